The molecular weight excluding hydrogens is 224 g/mol. The van der Waals surface area contributed by atoms with Crippen LogP contribution in [-0.2, 0) is 4.74 Å². The van der Waals surface area contributed by atoms with E-state index in [-0.39, 0.29) is 0 Å². The monoisotopic (exact) mass is 252 g/mol. The summed E-state index contributed by atoms with van der Waals surface area (Å²) in [6, 6.07) is 0.689. The summed E-state index contributed by atoms with van der Waals surface area (Å²) in [6.07, 6.45) is 11.5. The first kappa shape index (κ1) is 12.9. The maximum atomic E-state index is 5.98. The molecule has 3 rings (SSSR count). The largest absolute Gasteiger partial charge is 0.378 e. The lowest BCUT2D eigenvalue weighted by atomic mass is 9.61. The molecule has 2 unspecified atom stereocenters. The van der Waals surface area contributed by atoms with E-state index >= 15 is 0 Å². The van der Waals surface area contributed by atoms with Crippen LogP contribution in [0.3, 0.4) is 0 Å². The van der Waals surface area contributed by atoms with E-state index in [2.05, 4.69) is 17.4 Å². The average molecular weight is 252 g/mol. The molecule has 0 aromatic carbocycles. The molecule has 104 valence electrons. The van der Waals surface area contributed by atoms with Gasteiger partial charge >= 0.3 is 0 Å². The van der Waals surface area contributed by atoms with Crippen molar-refractivity contribution in [2.24, 2.45) is 5.41 Å². The molecule has 0 aromatic rings. The minimum absolute atomic E-state index is 0.480. The highest BCUT2D eigenvalue weighted by Gasteiger charge is 2.56. The van der Waals surface area contributed by atoms with Crippen LogP contribution in [0, 0.1) is 5.41 Å². The number of ether oxygens (including phenoxy) is 1. The first-order valence-corrected chi connectivity index (χ1v) is 7.98. The van der Waals surface area contributed by atoms with E-state index in [1.54, 1.807) is 0 Å². The predicted octanol–water partition coefficient (Wildman–Crippen LogP) is 2.71. The number of piperidine rings is 1. The van der Waals surface area contributed by atoms with Gasteiger partial charge in [-0.25, -0.2) is 5.01 Å². The molecule has 1 spiro atoms. The highest BCUT2D eigenvalue weighted by Crippen LogP contribution is 2.54. The van der Waals surface area contributed by atoms with Crippen molar-refractivity contribution in [2.45, 2.75) is 70.4 Å². The van der Waals surface area contributed by atoms with Crippen molar-refractivity contribution in [3.05, 3.63) is 0 Å². The highest BCUT2D eigenvalue weighted by atomic mass is 16.5. The Bertz CT molecular complexity index is 270. The molecule has 18 heavy (non-hydrogen) atoms. The third-order valence-corrected chi connectivity index (χ3v) is 5.38. The van der Waals surface area contributed by atoms with Gasteiger partial charge in [-0.15, -0.1) is 0 Å². The van der Waals surface area contributed by atoms with Gasteiger partial charge < -0.3 is 4.74 Å². The minimum atomic E-state index is 0.480. The van der Waals surface area contributed by atoms with Crippen LogP contribution in [0.5, 0.6) is 0 Å². The Balaban J connectivity index is 1.59. The van der Waals surface area contributed by atoms with Gasteiger partial charge in [0, 0.05) is 31.2 Å². The molecule has 0 bridgehead atoms. The van der Waals surface area contributed by atoms with Gasteiger partial charge in [-0.05, 0) is 39.0 Å². The van der Waals surface area contributed by atoms with Crippen molar-refractivity contribution in [1.82, 2.24) is 10.4 Å². The van der Waals surface area contributed by atoms with Gasteiger partial charge in [-0.1, -0.05) is 19.3 Å². The molecule has 1 heterocycles. The van der Waals surface area contributed by atoms with Crippen molar-refractivity contribution >= 4 is 0 Å². The Morgan fingerprint density at radius 3 is 2.50 bits per heavy atom. The SMILES string of the molecule is CCOC1CC(NN2CCCCC2)C12CCCC2. The fraction of sp³-hybridized carbons (Fsp3) is 1.00. The standard InChI is InChI=1S/C15H28N2O/c1-2-18-14-12-13(15(14)8-4-5-9-15)16-17-10-6-3-7-11-17/h13-14,16H,2-12H2,1H3. The molecule has 2 aliphatic carbocycles. The summed E-state index contributed by atoms with van der Waals surface area (Å²) < 4.78 is 5.98. The number of rotatable bonds is 4. The number of hydrogen-bond acceptors (Lipinski definition) is 3. The van der Waals surface area contributed by atoms with E-state index in [9.17, 15) is 0 Å². The van der Waals surface area contributed by atoms with Gasteiger partial charge in [0.2, 0.25) is 0 Å². The van der Waals surface area contributed by atoms with Crippen LogP contribution in [0.15, 0.2) is 0 Å². The van der Waals surface area contributed by atoms with E-state index in [1.165, 1.54) is 64.5 Å². The van der Waals surface area contributed by atoms with Crippen LogP contribution in [0.4, 0.5) is 0 Å². The summed E-state index contributed by atoms with van der Waals surface area (Å²) in [6.45, 7) is 5.49. The van der Waals surface area contributed by atoms with Gasteiger partial charge in [-0.3, -0.25) is 5.43 Å². The summed E-state index contributed by atoms with van der Waals surface area (Å²) >= 11 is 0. The summed E-state index contributed by atoms with van der Waals surface area (Å²) in [5, 5.41) is 2.48. The zero-order valence-electron chi connectivity index (χ0n) is 11.8. The Morgan fingerprint density at radius 1 is 1.11 bits per heavy atom. The Hall–Kier alpha value is -0.120. The zero-order valence-corrected chi connectivity index (χ0v) is 11.8. The minimum Gasteiger partial charge on any atom is -0.378 e. The van der Waals surface area contributed by atoms with E-state index < -0.39 is 0 Å². The number of nitrogens with one attached hydrogen (secondary N) is 1. The van der Waals surface area contributed by atoms with Crippen LogP contribution in [-0.4, -0.2) is 36.9 Å². The Kier molecular flexibility index (Phi) is 3.92. The fourth-order valence-electron chi connectivity index (χ4n) is 4.31. The second-order valence-corrected chi connectivity index (χ2v) is 6.35. The van der Waals surface area contributed by atoms with Gasteiger partial charge in [0.25, 0.3) is 0 Å². The molecule has 3 fully saturated rings. The molecule has 2 saturated carbocycles. The highest BCUT2D eigenvalue weighted by molar-refractivity contribution is 5.09. The molecule has 1 saturated heterocycles. The van der Waals surface area contributed by atoms with E-state index in [1.807, 2.05) is 0 Å². The van der Waals surface area contributed by atoms with Crippen molar-refractivity contribution < 1.29 is 4.74 Å². The molecule has 0 aromatic heterocycles. The first-order chi connectivity index (χ1) is 8.85. The van der Waals surface area contributed by atoms with E-state index in [4.69, 9.17) is 4.74 Å². The molecule has 0 amide bonds. The number of hydrazine groups is 1. The average Bonchev–Trinajstić information content (AvgIpc) is 2.91. The topological polar surface area (TPSA) is 24.5 Å². The van der Waals surface area contributed by atoms with Crippen molar-refractivity contribution in [1.29, 1.82) is 0 Å². The molecule has 2 atom stereocenters. The quantitative estimate of drug-likeness (QED) is 0.832. The van der Waals surface area contributed by atoms with E-state index in [0.29, 0.717) is 17.6 Å². The van der Waals surface area contributed by atoms with Crippen molar-refractivity contribution in [3.63, 3.8) is 0 Å². The van der Waals surface area contributed by atoms with Crippen LogP contribution < -0.4 is 5.43 Å². The zero-order chi connectivity index (χ0) is 12.4. The molecule has 3 aliphatic rings. The Morgan fingerprint density at radius 2 is 1.83 bits per heavy atom. The molecule has 3 heteroatoms. The molecular formula is C15H28N2O. The molecule has 3 nitrogen and oxygen atoms in total. The summed E-state index contributed by atoms with van der Waals surface area (Å²) in [4.78, 5) is 0. The lowest BCUT2D eigenvalue weighted by Gasteiger charge is -2.55. The maximum absolute atomic E-state index is 5.98. The van der Waals surface area contributed by atoms with Gasteiger partial charge in [0.1, 0.15) is 0 Å². The van der Waals surface area contributed by atoms with Gasteiger partial charge in [0.15, 0.2) is 0 Å². The second kappa shape index (κ2) is 5.48. The maximum Gasteiger partial charge on any atom is 0.0662 e. The van der Waals surface area contributed by atoms with Crippen LogP contribution in [0.2, 0.25) is 0 Å². The number of nitrogens with zero attached hydrogens (tertiary/aromatic N) is 1. The smallest absolute Gasteiger partial charge is 0.0662 e. The summed E-state index contributed by atoms with van der Waals surface area (Å²) in [5.74, 6) is 0. The Labute approximate surface area is 111 Å². The second-order valence-electron chi connectivity index (χ2n) is 6.35. The van der Waals surface area contributed by atoms with Crippen molar-refractivity contribution in [3.8, 4) is 0 Å². The van der Waals surface area contributed by atoms with Gasteiger partial charge in [0.05, 0.1) is 6.10 Å². The van der Waals surface area contributed by atoms with Crippen molar-refractivity contribution in [2.75, 3.05) is 19.7 Å². The van der Waals surface area contributed by atoms with Crippen LogP contribution >= 0.6 is 0 Å². The molecule has 0 radical (unpaired) electrons. The third-order valence-electron chi connectivity index (χ3n) is 5.38. The first-order valence-electron chi connectivity index (χ1n) is 7.98. The number of hydrogen-bond donors (Lipinski definition) is 1. The van der Waals surface area contributed by atoms with Crippen LogP contribution in [0.1, 0.15) is 58.3 Å². The summed E-state index contributed by atoms with van der Waals surface area (Å²) in [7, 11) is 0. The fourth-order valence-corrected chi connectivity index (χ4v) is 4.31. The lowest BCUT2D eigenvalue weighted by molar-refractivity contribution is -0.147. The van der Waals surface area contributed by atoms with Gasteiger partial charge in [-0.2, -0.15) is 0 Å². The normalized spacial score (nSPS) is 35.8. The predicted molar refractivity (Wildman–Crippen MR) is 73.3 cm³/mol. The third kappa shape index (κ3) is 2.21. The van der Waals surface area contributed by atoms with Crippen LogP contribution in [0.25, 0.3) is 0 Å². The van der Waals surface area contributed by atoms with E-state index in [0.717, 1.165) is 6.61 Å². The molecule has 1 N–H and O–H groups in total. The molecule has 1 aliphatic heterocycles. The lowest BCUT2D eigenvalue weighted by Crippen LogP contribution is -2.66. The summed E-state index contributed by atoms with van der Waals surface area (Å²) in [5.41, 5.74) is 4.31.